The predicted molar refractivity (Wildman–Crippen MR) is 173 cm³/mol. The highest BCUT2D eigenvalue weighted by Crippen LogP contribution is 2.64. The van der Waals surface area contributed by atoms with Gasteiger partial charge in [0.1, 0.15) is 11.2 Å². The largest absolute Gasteiger partial charge is 0.456 e. The maximum Gasteiger partial charge on any atom is 0.135 e. The Balaban J connectivity index is 1.37. The molecule has 0 fully saturated rings. The van der Waals surface area contributed by atoms with Gasteiger partial charge in [0.15, 0.2) is 0 Å². The highest BCUT2D eigenvalue weighted by atomic mass is 16.3. The second kappa shape index (κ2) is 7.87. The highest BCUT2D eigenvalue weighted by molar-refractivity contribution is 6.13. The minimum Gasteiger partial charge on any atom is -0.456 e. The Labute approximate surface area is 243 Å². The average Bonchev–Trinajstić information content (AvgIpc) is 3.68. The Morgan fingerprint density at radius 2 is 0.905 bits per heavy atom. The number of benzene rings is 7. The van der Waals surface area contributed by atoms with Crippen molar-refractivity contribution in [2.24, 2.45) is 0 Å². The summed E-state index contributed by atoms with van der Waals surface area (Å²) in [4.78, 5) is 0. The van der Waals surface area contributed by atoms with Crippen molar-refractivity contribution in [1.82, 2.24) is 0 Å². The van der Waals surface area contributed by atoms with Crippen LogP contribution in [0.2, 0.25) is 0 Å². The van der Waals surface area contributed by atoms with Gasteiger partial charge in [-0.3, -0.25) is 0 Å². The third kappa shape index (κ3) is 2.60. The van der Waals surface area contributed by atoms with Crippen LogP contribution in [0, 0.1) is 0 Å². The van der Waals surface area contributed by atoms with Gasteiger partial charge in [0.25, 0.3) is 0 Å². The van der Waals surface area contributed by atoms with Crippen LogP contribution in [-0.2, 0) is 5.41 Å². The van der Waals surface area contributed by atoms with Gasteiger partial charge in [0, 0.05) is 10.8 Å². The summed E-state index contributed by atoms with van der Waals surface area (Å²) in [6.45, 7) is 0. The number of para-hydroxylation sites is 1. The van der Waals surface area contributed by atoms with Crippen LogP contribution in [0.25, 0.3) is 66.1 Å². The third-order valence-corrected chi connectivity index (χ3v) is 9.69. The van der Waals surface area contributed by atoms with E-state index in [2.05, 4.69) is 140 Å². The summed E-state index contributed by atoms with van der Waals surface area (Å²) in [5.41, 5.74) is 14.8. The zero-order valence-electron chi connectivity index (χ0n) is 22.8. The zero-order valence-corrected chi connectivity index (χ0v) is 22.8. The van der Waals surface area contributed by atoms with Gasteiger partial charge >= 0.3 is 0 Å². The Morgan fingerprint density at radius 3 is 1.64 bits per heavy atom. The van der Waals surface area contributed by atoms with Crippen molar-refractivity contribution in [3.63, 3.8) is 0 Å². The summed E-state index contributed by atoms with van der Waals surface area (Å²) in [6.07, 6.45) is 0. The summed E-state index contributed by atoms with van der Waals surface area (Å²) in [5, 5.41) is 4.88. The number of furan rings is 1. The van der Waals surface area contributed by atoms with Crippen molar-refractivity contribution >= 4 is 32.7 Å². The van der Waals surface area contributed by atoms with Crippen LogP contribution in [0.3, 0.4) is 0 Å². The maximum atomic E-state index is 6.20. The van der Waals surface area contributed by atoms with Gasteiger partial charge in [0.05, 0.1) is 5.41 Å². The Bertz CT molecular complexity index is 2380. The summed E-state index contributed by atoms with van der Waals surface area (Å²) in [5.74, 6) is 0. The quantitative estimate of drug-likeness (QED) is 0.205. The van der Waals surface area contributed by atoms with Gasteiger partial charge < -0.3 is 4.42 Å². The molecule has 0 unspecified atom stereocenters. The fraction of sp³-hybridized carbons (Fsp3) is 0.0244. The van der Waals surface area contributed by atoms with E-state index in [0.29, 0.717) is 0 Å². The molecule has 1 spiro atoms. The fourth-order valence-corrected chi connectivity index (χ4v) is 8.08. The minimum absolute atomic E-state index is 0.371. The van der Waals surface area contributed by atoms with E-state index >= 15 is 0 Å². The molecule has 0 saturated heterocycles. The number of hydrogen-bond donors (Lipinski definition) is 0. The first-order valence-corrected chi connectivity index (χ1v) is 14.6. The summed E-state index contributed by atoms with van der Waals surface area (Å²) in [7, 11) is 0. The van der Waals surface area contributed by atoms with Crippen LogP contribution in [-0.4, -0.2) is 0 Å². The lowest BCUT2D eigenvalue weighted by Gasteiger charge is -2.31. The Morgan fingerprint density at radius 1 is 0.357 bits per heavy atom. The van der Waals surface area contributed by atoms with Crippen LogP contribution in [0.4, 0.5) is 0 Å². The molecule has 1 heterocycles. The molecule has 2 aliphatic rings. The molecule has 42 heavy (non-hydrogen) atoms. The Kier molecular flexibility index (Phi) is 4.18. The minimum atomic E-state index is -0.371. The van der Waals surface area contributed by atoms with Gasteiger partial charge in [-0.2, -0.15) is 0 Å². The molecule has 1 aromatic heterocycles. The molecule has 0 atom stereocenters. The van der Waals surface area contributed by atoms with Gasteiger partial charge in [-0.15, -0.1) is 0 Å². The second-order valence-corrected chi connectivity index (χ2v) is 11.6. The predicted octanol–water partition coefficient (Wildman–Crippen LogP) is 10.7. The topological polar surface area (TPSA) is 13.1 Å². The molecular formula is C41H24O. The van der Waals surface area contributed by atoms with E-state index in [4.69, 9.17) is 4.42 Å². The van der Waals surface area contributed by atoms with Crippen LogP contribution in [0.1, 0.15) is 22.3 Å². The van der Waals surface area contributed by atoms with Crippen LogP contribution < -0.4 is 0 Å². The molecule has 0 saturated carbocycles. The molecule has 8 aromatic rings. The van der Waals surface area contributed by atoms with E-state index in [9.17, 15) is 0 Å². The summed E-state index contributed by atoms with van der Waals surface area (Å²) < 4.78 is 6.20. The smallest absolute Gasteiger partial charge is 0.135 e. The lowest BCUT2D eigenvalue weighted by molar-refractivity contribution is 0.669. The number of fused-ring (bicyclic) bond motifs is 15. The van der Waals surface area contributed by atoms with E-state index in [1.165, 1.54) is 66.4 Å². The van der Waals surface area contributed by atoms with E-state index < -0.39 is 0 Å². The molecule has 10 rings (SSSR count). The van der Waals surface area contributed by atoms with Crippen molar-refractivity contribution in [3.8, 4) is 33.4 Å². The van der Waals surface area contributed by atoms with Crippen molar-refractivity contribution in [3.05, 3.63) is 168 Å². The SMILES string of the molecule is c1ccc2c(c1)-c1ccccc1C21c2ccccc2-c2c1cc(-c1ccc3oc4ccccc4c3c1)c1ccccc21. The van der Waals surface area contributed by atoms with Crippen molar-refractivity contribution in [2.75, 3.05) is 0 Å². The fourth-order valence-electron chi connectivity index (χ4n) is 8.08. The normalized spacial score (nSPS) is 13.9. The highest BCUT2D eigenvalue weighted by Gasteiger charge is 2.52. The molecule has 1 heteroatoms. The van der Waals surface area contributed by atoms with Gasteiger partial charge in [-0.1, -0.05) is 121 Å². The van der Waals surface area contributed by atoms with E-state index in [1.54, 1.807) is 0 Å². The van der Waals surface area contributed by atoms with Gasteiger partial charge in [0.2, 0.25) is 0 Å². The first kappa shape index (κ1) is 22.3. The second-order valence-electron chi connectivity index (χ2n) is 11.6. The van der Waals surface area contributed by atoms with E-state index in [-0.39, 0.29) is 5.41 Å². The maximum absolute atomic E-state index is 6.20. The summed E-state index contributed by atoms with van der Waals surface area (Å²) in [6, 6.07) is 53.6. The molecule has 1 nitrogen and oxygen atoms in total. The van der Waals surface area contributed by atoms with Gasteiger partial charge in [-0.05, 0) is 90.7 Å². The van der Waals surface area contributed by atoms with Crippen LogP contribution >= 0.6 is 0 Å². The number of hydrogen-bond acceptors (Lipinski definition) is 1. The van der Waals surface area contributed by atoms with Gasteiger partial charge in [-0.25, -0.2) is 0 Å². The van der Waals surface area contributed by atoms with E-state index in [1.807, 2.05) is 6.07 Å². The molecule has 7 aromatic carbocycles. The molecular weight excluding hydrogens is 508 g/mol. The van der Waals surface area contributed by atoms with Crippen molar-refractivity contribution < 1.29 is 4.42 Å². The first-order chi connectivity index (χ1) is 20.8. The van der Waals surface area contributed by atoms with E-state index in [0.717, 1.165) is 21.9 Å². The van der Waals surface area contributed by atoms with Crippen molar-refractivity contribution in [1.29, 1.82) is 0 Å². The molecule has 0 radical (unpaired) electrons. The lowest BCUT2D eigenvalue weighted by Crippen LogP contribution is -2.25. The molecule has 0 amide bonds. The van der Waals surface area contributed by atoms with Crippen LogP contribution in [0.5, 0.6) is 0 Å². The monoisotopic (exact) mass is 532 g/mol. The molecule has 194 valence electrons. The Hall–Kier alpha value is -5.40. The molecule has 0 bridgehead atoms. The molecule has 0 N–H and O–H groups in total. The number of rotatable bonds is 1. The third-order valence-electron chi connectivity index (χ3n) is 9.69. The molecule has 0 aliphatic heterocycles. The standard InChI is InChI=1S/C41H24O/c1-2-15-30-26(11-1)32(25-21-22-39-33(23-25)29-14-6-10-20-38(29)42-39)24-37-40(30)31-16-5-9-19-36(31)41(37)34-17-7-3-12-27(34)28-13-4-8-18-35(28)41/h1-24H. The lowest BCUT2D eigenvalue weighted by atomic mass is 9.70. The van der Waals surface area contributed by atoms with Crippen molar-refractivity contribution in [2.45, 2.75) is 5.41 Å². The molecule has 2 aliphatic carbocycles. The average molecular weight is 533 g/mol. The zero-order chi connectivity index (χ0) is 27.4. The first-order valence-electron chi connectivity index (χ1n) is 14.6. The van der Waals surface area contributed by atoms with Crippen LogP contribution in [0.15, 0.2) is 150 Å². The summed E-state index contributed by atoms with van der Waals surface area (Å²) >= 11 is 0.